The number of hydrogen-bond donors (Lipinski definition) is 2. The Morgan fingerprint density at radius 3 is 2.46 bits per heavy atom. The van der Waals surface area contributed by atoms with Gasteiger partial charge in [-0.25, -0.2) is 0 Å². The maximum absolute atomic E-state index is 5.72. The Labute approximate surface area is 82.3 Å². The van der Waals surface area contributed by atoms with E-state index in [0.29, 0.717) is 12.0 Å². The summed E-state index contributed by atoms with van der Waals surface area (Å²) in [6.07, 6.45) is 4.06. The third kappa shape index (κ3) is 3.28. The van der Waals surface area contributed by atoms with Crippen LogP contribution in [0.3, 0.4) is 0 Å². The lowest BCUT2D eigenvalue weighted by atomic mass is 10.0. The molecule has 1 aliphatic carbocycles. The molecule has 1 rings (SSSR count). The molecule has 1 fully saturated rings. The maximum Gasteiger partial charge on any atom is 0.0215 e. The molecule has 0 amide bonds. The maximum atomic E-state index is 5.72. The summed E-state index contributed by atoms with van der Waals surface area (Å²) in [6, 6.07) is 1.24. The molecule has 0 aliphatic heterocycles. The molecule has 2 heteroatoms. The van der Waals surface area contributed by atoms with Crippen LogP contribution < -0.4 is 11.1 Å². The average molecular weight is 184 g/mol. The quantitative estimate of drug-likeness (QED) is 0.698. The van der Waals surface area contributed by atoms with Crippen LogP contribution in [-0.4, -0.2) is 18.6 Å². The predicted molar refractivity (Wildman–Crippen MR) is 57.6 cm³/mol. The van der Waals surface area contributed by atoms with Crippen molar-refractivity contribution in [2.24, 2.45) is 17.6 Å². The second kappa shape index (κ2) is 4.97. The van der Waals surface area contributed by atoms with Gasteiger partial charge in [0.15, 0.2) is 0 Å². The molecule has 13 heavy (non-hydrogen) atoms. The SMILES string of the molecule is CC1CCC(NC(CN)C(C)C)C1. The molecular formula is C11H24N2. The van der Waals surface area contributed by atoms with Crippen molar-refractivity contribution in [2.45, 2.75) is 52.1 Å². The molecule has 78 valence electrons. The smallest absolute Gasteiger partial charge is 0.0215 e. The largest absolute Gasteiger partial charge is 0.329 e. The molecule has 0 aromatic heterocycles. The standard InChI is InChI=1S/C11H24N2/c1-8(2)11(7-12)13-10-5-4-9(3)6-10/h8-11,13H,4-7,12H2,1-3H3. The molecule has 2 nitrogen and oxygen atoms in total. The van der Waals surface area contributed by atoms with E-state index in [0.717, 1.165) is 18.5 Å². The first kappa shape index (κ1) is 11.0. The molecule has 1 aliphatic rings. The minimum absolute atomic E-state index is 0.510. The molecule has 1 saturated carbocycles. The fourth-order valence-corrected chi connectivity index (χ4v) is 2.19. The van der Waals surface area contributed by atoms with Crippen LogP contribution in [0.15, 0.2) is 0 Å². The Balaban J connectivity index is 2.30. The van der Waals surface area contributed by atoms with Crippen molar-refractivity contribution in [3.05, 3.63) is 0 Å². The molecule has 0 heterocycles. The summed E-state index contributed by atoms with van der Waals surface area (Å²) >= 11 is 0. The van der Waals surface area contributed by atoms with Crippen LogP contribution >= 0.6 is 0 Å². The van der Waals surface area contributed by atoms with Gasteiger partial charge >= 0.3 is 0 Å². The monoisotopic (exact) mass is 184 g/mol. The Bertz CT molecular complexity index is 145. The predicted octanol–water partition coefficient (Wildman–Crippen LogP) is 1.75. The van der Waals surface area contributed by atoms with E-state index in [2.05, 4.69) is 26.1 Å². The molecule has 3 unspecified atom stereocenters. The van der Waals surface area contributed by atoms with Gasteiger partial charge in [-0.05, 0) is 31.1 Å². The van der Waals surface area contributed by atoms with Crippen LogP contribution in [0.1, 0.15) is 40.0 Å². The molecule has 0 aromatic rings. The molecule has 0 saturated heterocycles. The highest BCUT2D eigenvalue weighted by atomic mass is 15.0. The lowest BCUT2D eigenvalue weighted by molar-refractivity contribution is 0.354. The van der Waals surface area contributed by atoms with Gasteiger partial charge in [0.2, 0.25) is 0 Å². The Morgan fingerprint density at radius 2 is 2.08 bits per heavy atom. The van der Waals surface area contributed by atoms with Gasteiger partial charge in [0.05, 0.1) is 0 Å². The molecular weight excluding hydrogens is 160 g/mol. The highest BCUT2D eigenvalue weighted by Gasteiger charge is 2.24. The van der Waals surface area contributed by atoms with Gasteiger partial charge in [-0.2, -0.15) is 0 Å². The molecule has 0 radical (unpaired) electrons. The van der Waals surface area contributed by atoms with Gasteiger partial charge < -0.3 is 11.1 Å². The fourth-order valence-electron chi connectivity index (χ4n) is 2.19. The minimum atomic E-state index is 0.510. The van der Waals surface area contributed by atoms with Crippen LogP contribution in [0, 0.1) is 11.8 Å². The summed E-state index contributed by atoms with van der Waals surface area (Å²) < 4.78 is 0. The average Bonchev–Trinajstić information content (AvgIpc) is 2.46. The van der Waals surface area contributed by atoms with Gasteiger partial charge in [0, 0.05) is 18.6 Å². The van der Waals surface area contributed by atoms with E-state index in [1.54, 1.807) is 0 Å². The van der Waals surface area contributed by atoms with Crippen LogP contribution in [0.2, 0.25) is 0 Å². The zero-order valence-electron chi connectivity index (χ0n) is 9.22. The van der Waals surface area contributed by atoms with Gasteiger partial charge in [0.25, 0.3) is 0 Å². The number of rotatable bonds is 4. The normalized spacial score (nSPS) is 31.2. The summed E-state index contributed by atoms with van der Waals surface area (Å²) in [7, 11) is 0. The van der Waals surface area contributed by atoms with Crippen LogP contribution in [-0.2, 0) is 0 Å². The molecule has 3 N–H and O–H groups in total. The van der Waals surface area contributed by atoms with Gasteiger partial charge in [-0.1, -0.05) is 20.8 Å². The van der Waals surface area contributed by atoms with Crippen molar-refractivity contribution >= 4 is 0 Å². The Kier molecular flexibility index (Phi) is 4.20. The Morgan fingerprint density at radius 1 is 1.38 bits per heavy atom. The van der Waals surface area contributed by atoms with Crippen LogP contribution in [0.4, 0.5) is 0 Å². The third-order valence-electron chi connectivity index (χ3n) is 3.20. The lowest BCUT2D eigenvalue weighted by Crippen LogP contribution is -2.45. The molecule has 0 spiro atoms. The highest BCUT2D eigenvalue weighted by molar-refractivity contribution is 4.83. The zero-order valence-corrected chi connectivity index (χ0v) is 9.22. The van der Waals surface area contributed by atoms with Gasteiger partial charge in [-0.3, -0.25) is 0 Å². The number of nitrogens with two attached hydrogens (primary N) is 1. The summed E-state index contributed by atoms with van der Waals surface area (Å²) in [4.78, 5) is 0. The van der Waals surface area contributed by atoms with Crippen LogP contribution in [0.25, 0.3) is 0 Å². The third-order valence-corrected chi connectivity index (χ3v) is 3.20. The van der Waals surface area contributed by atoms with E-state index in [-0.39, 0.29) is 0 Å². The number of nitrogens with one attached hydrogen (secondary N) is 1. The number of hydrogen-bond acceptors (Lipinski definition) is 2. The van der Waals surface area contributed by atoms with E-state index in [4.69, 9.17) is 5.73 Å². The van der Waals surface area contributed by atoms with E-state index in [1.165, 1.54) is 19.3 Å². The van der Waals surface area contributed by atoms with Crippen molar-refractivity contribution in [1.29, 1.82) is 0 Å². The van der Waals surface area contributed by atoms with E-state index >= 15 is 0 Å². The topological polar surface area (TPSA) is 38.0 Å². The summed E-state index contributed by atoms with van der Waals surface area (Å²) in [6.45, 7) is 7.59. The van der Waals surface area contributed by atoms with E-state index in [1.807, 2.05) is 0 Å². The van der Waals surface area contributed by atoms with Crippen molar-refractivity contribution < 1.29 is 0 Å². The first-order chi connectivity index (χ1) is 6.13. The highest BCUT2D eigenvalue weighted by Crippen LogP contribution is 2.25. The van der Waals surface area contributed by atoms with Crippen molar-refractivity contribution in [2.75, 3.05) is 6.54 Å². The van der Waals surface area contributed by atoms with Crippen molar-refractivity contribution in [3.8, 4) is 0 Å². The molecule has 0 bridgehead atoms. The first-order valence-electron chi connectivity index (χ1n) is 5.59. The second-order valence-corrected chi connectivity index (χ2v) is 4.87. The summed E-state index contributed by atoms with van der Waals surface area (Å²) in [5.41, 5.74) is 5.72. The lowest BCUT2D eigenvalue weighted by Gasteiger charge is -2.24. The van der Waals surface area contributed by atoms with E-state index in [9.17, 15) is 0 Å². The fraction of sp³-hybridized carbons (Fsp3) is 1.00. The van der Waals surface area contributed by atoms with Gasteiger partial charge in [-0.15, -0.1) is 0 Å². The second-order valence-electron chi connectivity index (χ2n) is 4.87. The minimum Gasteiger partial charge on any atom is -0.329 e. The summed E-state index contributed by atoms with van der Waals surface area (Å²) in [5, 5.41) is 3.67. The van der Waals surface area contributed by atoms with Gasteiger partial charge in [0.1, 0.15) is 0 Å². The molecule has 3 atom stereocenters. The molecule has 0 aromatic carbocycles. The Hall–Kier alpha value is -0.0800. The van der Waals surface area contributed by atoms with E-state index < -0.39 is 0 Å². The zero-order chi connectivity index (χ0) is 9.84. The van der Waals surface area contributed by atoms with Crippen LogP contribution in [0.5, 0.6) is 0 Å². The first-order valence-corrected chi connectivity index (χ1v) is 5.59. The summed E-state index contributed by atoms with van der Waals surface area (Å²) in [5.74, 6) is 1.56. The van der Waals surface area contributed by atoms with Crippen molar-refractivity contribution in [1.82, 2.24) is 5.32 Å². The van der Waals surface area contributed by atoms with Crippen molar-refractivity contribution in [3.63, 3.8) is 0 Å².